The molecule has 0 aliphatic heterocycles. The molecule has 18 heavy (non-hydrogen) atoms. The highest BCUT2D eigenvalue weighted by molar-refractivity contribution is 5.58. The Balaban J connectivity index is 2.72. The number of hydrogen-bond acceptors (Lipinski definition) is 3. The first-order valence-corrected chi connectivity index (χ1v) is 6.80. The van der Waals surface area contributed by atoms with Crippen LogP contribution in [0.3, 0.4) is 0 Å². The van der Waals surface area contributed by atoms with Crippen LogP contribution in [0.1, 0.15) is 32.6 Å². The lowest BCUT2D eigenvalue weighted by atomic mass is 10.1. The second-order valence-electron chi connectivity index (χ2n) is 4.67. The van der Waals surface area contributed by atoms with Crippen LogP contribution < -0.4 is 15.4 Å². The molecule has 1 aromatic rings. The number of nitrogens with zero attached hydrogens (tertiary/aromatic N) is 1. The molecule has 102 valence electrons. The quantitative estimate of drug-likeness (QED) is 0.721. The van der Waals surface area contributed by atoms with E-state index >= 15 is 0 Å². The van der Waals surface area contributed by atoms with Crippen molar-refractivity contribution in [3.05, 3.63) is 24.3 Å². The highest BCUT2D eigenvalue weighted by atomic mass is 16.5. The van der Waals surface area contributed by atoms with Crippen LogP contribution in [0.5, 0.6) is 5.75 Å². The van der Waals surface area contributed by atoms with E-state index in [1.54, 1.807) is 7.11 Å². The highest BCUT2D eigenvalue weighted by Gasteiger charge is 2.16. The summed E-state index contributed by atoms with van der Waals surface area (Å²) in [5.74, 6) is 0.911. The first kappa shape index (κ1) is 14.8. The van der Waals surface area contributed by atoms with Gasteiger partial charge in [0.2, 0.25) is 0 Å². The maximum absolute atomic E-state index is 5.90. The third-order valence-corrected chi connectivity index (χ3v) is 3.43. The van der Waals surface area contributed by atoms with Crippen molar-refractivity contribution in [1.82, 2.24) is 0 Å². The van der Waals surface area contributed by atoms with Gasteiger partial charge >= 0.3 is 0 Å². The van der Waals surface area contributed by atoms with E-state index in [2.05, 4.69) is 24.9 Å². The van der Waals surface area contributed by atoms with E-state index in [1.807, 2.05) is 18.2 Å². The minimum atomic E-state index is 0.382. The average Bonchev–Trinajstić information content (AvgIpc) is 2.43. The Labute approximate surface area is 111 Å². The number of unbranched alkanes of at least 4 members (excludes halogenated alkanes) is 2. The molecule has 3 nitrogen and oxygen atoms in total. The molecule has 0 radical (unpaired) electrons. The topological polar surface area (TPSA) is 38.5 Å². The zero-order valence-corrected chi connectivity index (χ0v) is 11.9. The van der Waals surface area contributed by atoms with Crippen LogP contribution in [0.2, 0.25) is 0 Å². The second-order valence-corrected chi connectivity index (χ2v) is 4.67. The maximum atomic E-state index is 5.90. The molecule has 0 saturated carbocycles. The Morgan fingerprint density at radius 1 is 1.28 bits per heavy atom. The van der Waals surface area contributed by atoms with E-state index in [0.29, 0.717) is 12.6 Å². The summed E-state index contributed by atoms with van der Waals surface area (Å²) < 4.78 is 5.40. The summed E-state index contributed by atoms with van der Waals surface area (Å²) in [5, 5.41) is 0. The lowest BCUT2D eigenvalue weighted by Gasteiger charge is -2.30. The first-order valence-electron chi connectivity index (χ1n) is 6.80. The molecule has 2 N–H and O–H groups in total. The molecule has 0 aliphatic carbocycles. The SMILES string of the molecule is CCCCCC(CN)N(C)c1ccccc1OC. The molecule has 1 unspecified atom stereocenters. The number of rotatable bonds is 8. The molecule has 1 aromatic carbocycles. The van der Waals surface area contributed by atoms with Crippen molar-refractivity contribution in [2.75, 3.05) is 25.6 Å². The molecule has 0 fully saturated rings. The summed E-state index contributed by atoms with van der Waals surface area (Å²) in [6.45, 7) is 2.90. The van der Waals surface area contributed by atoms with Gasteiger partial charge in [0.05, 0.1) is 12.8 Å². The molecule has 1 rings (SSSR count). The molecule has 0 aliphatic rings. The third-order valence-electron chi connectivity index (χ3n) is 3.43. The van der Waals surface area contributed by atoms with Gasteiger partial charge in [0.1, 0.15) is 5.75 Å². The summed E-state index contributed by atoms with van der Waals surface area (Å²) in [6, 6.07) is 8.48. The van der Waals surface area contributed by atoms with Crippen LogP contribution in [0, 0.1) is 0 Å². The summed E-state index contributed by atoms with van der Waals surface area (Å²) in [6.07, 6.45) is 4.89. The van der Waals surface area contributed by atoms with E-state index in [9.17, 15) is 0 Å². The van der Waals surface area contributed by atoms with Crippen molar-refractivity contribution < 1.29 is 4.74 Å². The Morgan fingerprint density at radius 2 is 2.00 bits per heavy atom. The van der Waals surface area contributed by atoms with Gasteiger partial charge in [-0.1, -0.05) is 38.3 Å². The van der Waals surface area contributed by atoms with Gasteiger partial charge in [-0.25, -0.2) is 0 Å². The van der Waals surface area contributed by atoms with E-state index < -0.39 is 0 Å². The van der Waals surface area contributed by atoms with Crippen LogP contribution in [0.25, 0.3) is 0 Å². The molecule has 0 aromatic heterocycles. The molecule has 1 atom stereocenters. The van der Waals surface area contributed by atoms with Crippen molar-refractivity contribution >= 4 is 5.69 Å². The molecular weight excluding hydrogens is 224 g/mol. The number of ether oxygens (including phenoxy) is 1. The van der Waals surface area contributed by atoms with E-state index in [0.717, 1.165) is 17.9 Å². The first-order chi connectivity index (χ1) is 8.74. The van der Waals surface area contributed by atoms with Gasteiger partial charge in [-0.05, 0) is 18.6 Å². The van der Waals surface area contributed by atoms with Crippen molar-refractivity contribution in [2.45, 2.75) is 38.6 Å². The maximum Gasteiger partial charge on any atom is 0.142 e. The molecule has 0 amide bonds. The van der Waals surface area contributed by atoms with Gasteiger partial charge in [-0.3, -0.25) is 0 Å². The van der Waals surface area contributed by atoms with Crippen molar-refractivity contribution in [1.29, 1.82) is 0 Å². The molecule has 0 heterocycles. The van der Waals surface area contributed by atoms with E-state index in [4.69, 9.17) is 10.5 Å². The third kappa shape index (κ3) is 3.91. The zero-order chi connectivity index (χ0) is 13.4. The fourth-order valence-electron chi connectivity index (χ4n) is 2.22. The van der Waals surface area contributed by atoms with Crippen molar-refractivity contribution in [2.24, 2.45) is 5.73 Å². The van der Waals surface area contributed by atoms with Gasteiger partial charge in [0, 0.05) is 19.6 Å². The van der Waals surface area contributed by atoms with Gasteiger partial charge in [0.25, 0.3) is 0 Å². The van der Waals surface area contributed by atoms with Crippen molar-refractivity contribution in [3.8, 4) is 5.75 Å². The molecule has 0 bridgehead atoms. The van der Waals surface area contributed by atoms with Gasteiger partial charge < -0.3 is 15.4 Å². The number of para-hydroxylation sites is 2. The fraction of sp³-hybridized carbons (Fsp3) is 0.600. The minimum Gasteiger partial charge on any atom is -0.495 e. The Bertz CT molecular complexity index is 341. The normalized spacial score (nSPS) is 12.2. The lowest BCUT2D eigenvalue weighted by Crippen LogP contribution is -2.38. The summed E-state index contributed by atoms with van der Waals surface area (Å²) in [5.41, 5.74) is 7.02. The zero-order valence-electron chi connectivity index (χ0n) is 11.9. The number of methoxy groups -OCH3 is 1. The number of benzene rings is 1. The number of nitrogens with two attached hydrogens (primary N) is 1. The minimum absolute atomic E-state index is 0.382. The van der Waals surface area contributed by atoms with Gasteiger partial charge in [0.15, 0.2) is 0 Å². The predicted octanol–water partition coefficient (Wildman–Crippen LogP) is 3.04. The summed E-state index contributed by atoms with van der Waals surface area (Å²) in [7, 11) is 3.81. The highest BCUT2D eigenvalue weighted by Crippen LogP contribution is 2.28. The standard InChI is InChI=1S/C15H26N2O/c1-4-5-6-9-13(12-16)17(2)14-10-7-8-11-15(14)18-3/h7-8,10-11,13H,4-6,9,12,16H2,1-3H3. The van der Waals surface area contributed by atoms with Crippen LogP contribution in [0.15, 0.2) is 24.3 Å². The molecule has 0 saturated heterocycles. The summed E-state index contributed by atoms with van der Waals surface area (Å²) in [4.78, 5) is 2.24. The van der Waals surface area contributed by atoms with Crippen molar-refractivity contribution in [3.63, 3.8) is 0 Å². The van der Waals surface area contributed by atoms with Gasteiger partial charge in [-0.2, -0.15) is 0 Å². The van der Waals surface area contributed by atoms with Gasteiger partial charge in [-0.15, -0.1) is 0 Å². The van der Waals surface area contributed by atoms with Crippen LogP contribution >= 0.6 is 0 Å². The predicted molar refractivity (Wildman–Crippen MR) is 78.4 cm³/mol. The largest absolute Gasteiger partial charge is 0.495 e. The Kier molecular flexibility index (Phi) is 6.58. The summed E-state index contributed by atoms with van der Waals surface area (Å²) >= 11 is 0. The smallest absolute Gasteiger partial charge is 0.142 e. The molecule has 3 heteroatoms. The van der Waals surface area contributed by atoms with Crippen LogP contribution in [-0.2, 0) is 0 Å². The fourth-order valence-corrected chi connectivity index (χ4v) is 2.22. The van der Waals surface area contributed by atoms with Crippen LogP contribution in [-0.4, -0.2) is 26.7 Å². The number of likely N-dealkylation sites (N-methyl/N-ethyl adjacent to an activating group) is 1. The molecule has 0 spiro atoms. The average molecular weight is 250 g/mol. The Morgan fingerprint density at radius 3 is 2.61 bits per heavy atom. The second kappa shape index (κ2) is 7.98. The monoisotopic (exact) mass is 250 g/mol. The number of anilines is 1. The lowest BCUT2D eigenvalue weighted by molar-refractivity contribution is 0.412. The van der Waals surface area contributed by atoms with Crippen LogP contribution in [0.4, 0.5) is 5.69 Å². The van der Waals surface area contributed by atoms with E-state index in [-0.39, 0.29) is 0 Å². The van der Waals surface area contributed by atoms with E-state index in [1.165, 1.54) is 19.3 Å². The molecular formula is C15H26N2O. The number of hydrogen-bond donors (Lipinski definition) is 1. The Hall–Kier alpha value is -1.22.